The summed E-state index contributed by atoms with van der Waals surface area (Å²) >= 11 is 6.59. The summed E-state index contributed by atoms with van der Waals surface area (Å²) in [5, 5.41) is 3.27. The lowest BCUT2D eigenvalue weighted by Crippen LogP contribution is -2.30. The molecule has 1 heterocycles. The van der Waals surface area contributed by atoms with Crippen LogP contribution in [0.25, 0.3) is 0 Å². The second-order valence-corrected chi connectivity index (χ2v) is 5.38. The van der Waals surface area contributed by atoms with Crippen LogP contribution in [0.4, 0.5) is 0 Å². The standard InChI is InChI=1S/C10H14Br2N2O/c1-7(2)13-3-4-14-6-8(11)5-9(12)10(14)15/h5-7,13H,3-4H2,1-2H3. The molecule has 0 aliphatic carbocycles. The van der Waals surface area contributed by atoms with E-state index in [1.54, 1.807) is 16.8 Å². The van der Waals surface area contributed by atoms with Crippen LogP contribution in [0.2, 0.25) is 0 Å². The van der Waals surface area contributed by atoms with Gasteiger partial charge in [-0.2, -0.15) is 0 Å². The Morgan fingerprint density at radius 2 is 2.13 bits per heavy atom. The van der Waals surface area contributed by atoms with E-state index in [1.165, 1.54) is 0 Å². The van der Waals surface area contributed by atoms with E-state index in [-0.39, 0.29) is 5.56 Å². The molecule has 0 aromatic carbocycles. The van der Waals surface area contributed by atoms with Crippen molar-refractivity contribution in [2.24, 2.45) is 0 Å². The minimum absolute atomic E-state index is 0.00348. The first-order valence-electron chi connectivity index (χ1n) is 4.79. The molecule has 84 valence electrons. The number of hydrogen-bond donors (Lipinski definition) is 1. The van der Waals surface area contributed by atoms with Crippen LogP contribution in [0.15, 0.2) is 26.0 Å². The van der Waals surface area contributed by atoms with E-state index in [0.717, 1.165) is 11.0 Å². The average Bonchev–Trinajstić information content (AvgIpc) is 2.12. The molecule has 0 radical (unpaired) electrons. The highest BCUT2D eigenvalue weighted by atomic mass is 79.9. The van der Waals surface area contributed by atoms with Gasteiger partial charge in [0.1, 0.15) is 0 Å². The first-order chi connectivity index (χ1) is 7.00. The van der Waals surface area contributed by atoms with Crippen LogP contribution in [-0.2, 0) is 6.54 Å². The molecule has 1 rings (SSSR count). The van der Waals surface area contributed by atoms with Crippen molar-refractivity contribution in [3.63, 3.8) is 0 Å². The third-order valence-corrected chi connectivity index (χ3v) is 2.92. The van der Waals surface area contributed by atoms with Gasteiger partial charge < -0.3 is 9.88 Å². The van der Waals surface area contributed by atoms with Crippen molar-refractivity contribution in [3.05, 3.63) is 31.6 Å². The molecular formula is C10H14Br2N2O. The monoisotopic (exact) mass is 336 g/mol. The maximum Gasteiger partial charge on any atom is 0.264 e. The quantitative estimate of drug-likeness (QED) is 0.915. The van der Waals surface area contributed by atoms with Gasteiger partial charge in [0.15, 0.2) is 0 Å². The van der Waals surface area contributed by atoms with Gasteiger partial charge in [0.25, 0.3) is 5.56 Å². The molecule has 0 saturated heterocycles. The lowest BCUT2D eigenvalue weighted by molar-refractivity contribution is 0.533. The van der Waals surface area contributed by atoms with Crippen molar-refractivity contribution in [2.75, 3.05) is 6.54 Å². The van der Waals surface area contributed by atoms with E-state index in [1.807, 2.05) is 0 Å². The van der Waals surface area contributed by atoms with Gasteiger partial charge in [-0.15, -0.1) is 0 Å². The van der Waals surface area contributed by atoms with E-state index >= 15 is 0 Å². The van der Waals surface area contributed by atoms with Crippen LogP contribution < -0.4 is 10.9 Å². The summed E-state index contributed by atoms with van der Waals surface area (Å²) in [5.41, 5.74) is 0.00348. The average molecular weight is 338 g/mol. The van der Waals surface area contributed by atoms with Crippen LogP contribution in [0.5, 0.6) is 0 Å². The molecule has 1 N–H and O–H groups in total. The first kappa shape index (κ1) is 12.9. The fourth-order valence-electron chi connectivity index (χ4n) is 1.20. The van der Waals surface area contributed by atoms with Crippen molar-refractivity contribution in [1.29, 1.82) is 0 Å². The van der Waals surface area contributed by atoms with E-state index in [9.17, 15) is 4.79 Å². The molecule has 0 unspecified atom stereocenters. The Bertz CT molecular complexity index is 387. The molecule has 0 saturated carbocycles. The van der Waals surface area contributed by atoms with Crippen molar-refractivity contribution < 1.29 is 0 Å². The van der Waals surface area contributed by atoms with Crippen LogP contribution in [0, 0.1) is 0 Å². The number of rotatable bonds is 4. The van der Waals surface area contributed by atoms with Crippen LogP contribution >= 0.6 is 31.9 Å². The topological polar surface area (TPSA) is 34.0 Å². The molecule has 15 heavy (non-hydrogen) atoms. The van der Waals surface area contributed by atoms with Gasteiger partial charge in [-0.25, -0.2) is 0 Å². The van der Waals surface area contributed by atoms with E-state index in [2.05, 4.69) is 51.0 Å². The fourth-order valence-corrected chi connectivity index (χ4v) is 2.46. The smallest absolute Gasteiger partial charge is 0.264 e. The Labute approximate surface area is 106 Å². The zero-order valence-electron chi connectivity index (χ0n) is 8.76. The maximum absolute atomic E-state index is 11.7. The zero-order chi connectivity index (χ0) is 11.4. The Balaban J connectivity index is 2.73. The minimum atomic E-state index is 0.00348. The summed E-state index contributed by atoms with van der Waals surface area (Å²) in [6.07, 6.45) is 1.80. The summed E-state index contributed by atoms with van der Waals surface area (Å²) in [4.78, 5) is 11.7. The van der Waals surface area contributed by atoms with Gasteiger partial charge >= 0.3 is 0 Å². The second-order valence-electron chi connectivity index (χ2n) is 3.61. The largest absolute Gasteiger partial charge is 0.313 e. The molecule has 5 heteroatoms. The van der Waals surface area contributed by atoms with Crippen molar-refractivity contribution >= 4 is 31.9 Å². The van der Waals surface area contributed by atoms with Crippen molar-refractivity contribution in [3.8, 4) is 0 Å². The van der Waals surface area contributed by atoms with Crippen molar-refractivity contribution in [1.82, 2.24) is 9.88 Å². The third kappa shape index (κ3) is 4.09. The van der Waals surface area contributed by atoms with Crippen LogP contribution in [0.3, 0.4) is 0 Å². The minimum Gasteiger partial charge on any atom is -0.313 e. The molecule has 0 aliphatic rings. The molecule has 0 atom stereocenters. The molecule has 0 amide bonds. The summed E-state index contributed by atoms with van der Waals surface area (Å²) in [6.45, 7) is 5.63. The van der Waals surface area contributed by atoms with Gasteiger partial charge in [0.05, 0.1) is 4.47 Å². The Hall–Kier alpha value is -0.130. The van der Waals surface area contributed by atoms with Crippen LogP contribution in [0.1, 0.15) is 13.8 Å². The lowest BCUT2D eigenvalue weighted by atomic mass is 10.4. The number of pyridine rings is 1. The maximum atomic E-state index is 11.7. The van der Waals surface area contributed by atoms with Gasteiger partial charge in [-0.3, -0.25) is 4.79 Å². The number of hydrogen-bond acceptors (Lipinski definition) is 2. The predicted octanol–water partition coefficient (Wildman–Crippen LogP) is 2.37. The number of aromatic nitrogens is 1. The lowest BCUT2D eigenvalue weighted by Gasteiger charge is -2.10. The fraction of sp³-hybridized carbons (Fsp3) is 0.500. The zero-order valence-corrected chi connectivity index (χ0v) is 11.9. The van der Waals surface area contributed by atoms with Crippen LogP contribution in [-0.4, -0.2) is 17.2 Å². The van der Waals surface area contributed by atoms with Gasteiger partial charge in [0, 0.05) is 29.8 Å². The first-order valence-corrected chi connectivity index (χ1v) is 6.38. The van der Waals surface area contributed by atoms with Crippen molar-refractivity contribution in [2.45, 2.75) is 26.4 Å². The molecule has 1 aromatic heterocycles. The number of nitrogens with one attached hydrogen (secondary N) is 1. The predicted molar refractivity (Wildman–Crippen MR) is 69.2 cm³/mol. The molecule has 3 nitrogen and oxygen atoms in total. The van der Waals surface area contributed by atoms with Gasteiger partial charge in [-0.1, -0.05) is 13.8 Å². The molecule has 0 fully saturated rings. The summed E-state index contributed by atoms with van der Waals surface area (Å²) in [7, 11) is 0. The van der Waals surface area contributed by atoms with Gasteiger partial charge in [-0.05, 0) is 37.9 Å². The Morgan fingerprint density at radius 1 is 1.47 bits per heavy atom. The van der Waals surface area contributed by atoms with E-state index < -0.39 is 0 Å². The third-order valence-electron chi connectivity index (χ3n) is 1.91. The summed E-state index contributed by atoms with van der Waals surface area (Å²) in [6, 6.07) is 2.20. The molecule has 0 spiro atoms. The SMILES string of the molecule is CC(C)NCCn1cc(Br)cc(Br)c1=O. The number of halogens is 2. The molecular weight excluding hydrogens is 324 g/mol. The Morgan fingerprint density at radius 3 is 2.73 bits per heavy atom. The molecule has 1 aromatic rings. The van der Waals surface area contributed by atoms with Gasteiger partial charge in [0.2, 0.25) is 0 Å². The molecule has 0 aliphatic heterocycles. The summed E-state index contributed by atoms with van der Waals surface area (Å²) in [5.74, 6) is 0. The molecule has 0 bridgehead atoms. The van der Waals surface area contributed by atoms with E-state index in [4.69, 9.17) is 0 Å². The summed E-state index contributed by atoms with van der Waals surface area (Å²) < 4.78 is 3.17. The van der Waals surface area contributed by atoms with E-state index in [0.29, 0.717) is 17.1 Å². The second kappa shape index (κ2) is 5.82. The highest BCUT2D eigenvalue weighted by Crippen LogP contribution is 2.12. The highest BCUT2D eigenvalue weighted by molar-refractivity contribution is 9.11. The normalized spacial score (nSPS) is 11.0. The Kier molecular flexibility index (Phi) is 5.02. The number of nitrogens with zero attached hydrogens (tertiary/aromatic N) is 1. The highest BCUT2D eigenvalue weighted by Gasteiger charge is 2.02.